The van der Waals surface area contributed by atoms with Gasteiger partial charge >= 0.3 is 0 Å². The first-order chi connectivity index (χ1) is 8.61. The van der Waals surface area contributed by atoms with Gasteiger partial charge in [0.2, 0.25) is 0 Å². The number of carbonyl (C=O) groups excluding carboxylic acids is 1. The van der Waals surface area contributed by atoms with Gasteiger partial charge in [-0.2, -0.15) is 0 Å². The van der Waals surface area contributed by atoms with Crippen LogP contribution in [-0.4, -0.2) is 22.8 Å². The van der Waals surface area contributed by atoms with E-state index in [1.807, 2.05) is 24.4 Å². The van der Waals surface area contributed by atoms with E-state index in [0.717, 1.165) is 4.88 Å². The number of aromatic amines is 1. The number of hydrogen-bond acceptors (Lipinski definition) is 3. The zero-order chi connectivity index (χ0) is 13.1. The third-order valence-electron chi connectivity index (χ3n) is 2.91. The van der Waals surface area contributed by atoms with Crippen molar-refractivity contribution in [1.82, 2.24) is 9.88 Å². The lowest BCUT2D eigenvalue weighted by Crippen LogP contribution is -2.32. The summed E-state index contributed by atoms with van der Waals surface area (Å²) in [6, 6.07) is 5.24. The van der Waals surface area contributed by atoms with E-state index in [4.69, 9.17) is 0 Å². The maximum Gasteiger partial charge on any atom is 0.259 e. The molecule has 4 nitrogen and oxygen atoms in total. The molecule has 2 heterocycles. The Morgan fingerprint density at radius 1 is 1.44 bits per heavy atom. The van der Waals surface area contributed by atoms with Gasteiger partial charge in [0.1, 0.15) is 5.56 Å². The maximum absolute atomic E-state index is 12.2. The van der Waals surface area contributed by atoms with Crippen molar-refractivity contribution in [3.05, 3.63) is 56.6 Å². The summed E-state index contributed by atoms with van der Waals surface area (Å²) in [4.78, 5) is 29.3. The number of hydrogen-bond donors (Lipinski definition) is 1. The topological polar surface area (TPSA) is 53.2 Å². The molecular formula is C13H14N2O2S. The molecule has 2 rings (SSSR count). The van der Waals surface area contributed by atoms with Gasteiger partial charge in [0.05, 0.1) is 6.04 Å². The number of rotatable bonds is 3. The van der Waals surface area contributed by atoms with Crippen LogP contribution in [-0.2, 0) is 0 Å². The van der Waals surface area contributed by atoms with E-state index >= 15 is 0 Å². The number of pyridine rings is 1. The van der Waals surface area contributed by atoms with E-state index in [1.165, 1.54) is 18.5 Å². The molecule has 0 bridgehead atoms. The molecule has 0 radical (unpaired) electrons. The van der Waals surface area contributed by atoms with Gasteiger partial charge in [-0.05, 0) is 18.4 Å². The normalized spacial score (nSPS) is 12.1. The third-order valence-corrected chi connectivity index (χ3v) is 3.95. The zero-order valence-corrected chi connectivity index (χ0v) is 11.0. The summed E-state index contributed by atoms with van der Waals surface area (Å²) in [5, 5.41) is 1.97. The van der Waals surface area contributed by atoms with Crippen molar-refractivity contribution in [2.75, 3.05) is 7.05 Å². The average Bonchev–Trinajstić information content (AvgIpc) is 2.90. The van der Waals surface area contributed by atoms with Crippen molar-refractivity contribution in [2.45, 2.75) is 13.0 Å². The lowest BCUT2D eigenvalue weighted by atomic mass is 10.2. The van der Waals surface area contributed by atoms with Gasteiger partial charge in [0.15, 0.2) is 5.43 Å². The molecule has 2 aromatic rings. The van der Waals surface area contributed by atoms with Crippen molar-refractivity contribution in [3.8, 4) is 0 Å². The number of amides is 1. The molecule has 0 aromatic carbocycles. The molecule has 18 heavy (non-hydrogen) atoms. The minimum absolute atomic E-state index is 0.0443. The molecular weight excluding hydrogens is 248 g/mol. The number of H-pyrrole nitrogens is 1. The fraction of sp³-hybridized carbons (Fsp3) is 0.231. The maximum atomic E-state index is 12.2. The van der Waals surface area contributed by atoms with Gasteiger partial charge in [-0.15, -0.1) is 11.3 Å². The minimum atomic E-state index is -0.266. The molecule has 0 aliphatic heterocycles. The first kappa shape index (κ1) is 12.6. The average molecular weight is 262 g/mol. The molecule has 2 aromatic heterocycles. The van der Waals surface area contributed by atoms with E-state index in [-0.39, 0.29) is 22.9 Å². The van der Waals surface area contributed by atoms with Crippen LogP contribution < -0.4 is 5.43 Å². The predicted octanol–water partition coefficient (Wildman–Crippen LogP) is 2.27. The van der Waals surface area contributed by atoms with Crippen molar-refractivity contribution in [2.24, 2.45) is 0 Å². The molecule has 94 valence electrons. The molecule has 0 saturated carbocycles. The van der Waals surface area contributed by atoms with Crippen LogP contribution >= 0.6 is 11.3 Å². The molecule has 0 fully saturated rings. The molecule has 1 amide bonds. The fourth-order valence-corrected chi connectivity index (χ4v) is 2.50. The highest BCUT2D eigenvalue weighted by molar-refractivity contribution is 7.10. The van der Waals surface area contributed by atoms with Crippen LogP contribution in [0.4, 0.5) is 0 Å². The Morgan fingerprint density at radius 3 is 2.83 bits per heavy atom. The summed E-state index contributed by atoms with van der Waals surface area (Å²) in [6.45, 7) is 1.95. The number of aromatic nitrogens is 1. The van der Waals surface area contributed by atoms with Crippen LogP contribution in [0.2, 0.25) is 0 Å². The minimum Gasteiger partial charge on any atom is -0.367 e. The number of nitrogens with one attached hydrogen (secondary N) is 1. The highest BCUT2D eigenvalue weighted by Gasteiger charge is 2.21. The van der Waals surface area contributed by atoms with Crippen LogP contribution in [0.5, 0.6) is 0 Å². The number of carbonyl (C=O) groups is 1. The van der Waals surface area contributed by atoms with E-state index in [2.05, 4.69) is 4.98 Å². The Bertz CT molecular complexity index is 589. The highest BCUT2D eigenvalue weighted by atomic mass is 32.1. The summed E-state index contributed by atoms with van der Waals surface area (Å²) >= 11 is 1.60. The lowest BCUT2D eigenvalue weighted by molar-refractivity contribution is 0.0743. The number of thiophene rings is 1. The second-order valence-electron chi connectivity index (χ2n) is 4.03. The second-order valence-corrected chi connectivity index (χ2v) is 5.01. The van der Waals surface area contributed by atoms with Gasteiger partial charge in [0, 0.05) is 30.4 Å². The van der Waals surface area contributed by atoms with E-state index in [0.29, 0.717) is 0 Å². The van der Waals surface area contributed by atoms with Crippen LogP contribution in [0.15, 0.2) is 40.8 Å². The van der Waals surface area contributed by atoms with Crippen LogP contribution in [0.3, 0.4) is 0 Å². The summed E-state index contributed by atoms with van der Waals surface area (Å²) < 4.78 is 0. The summed E-state index contributed by atoms with van der Waals surface area (Å²) in [7, 11) is 1.71. The zero-order valence-electron chi connectivity index (χ0n) is 10.2. The largest absolute Gasteiger partial charge is 0.367 e. The van der Waals surface area contributed by atoms with Crippen molar-refractivity contribution < 1.29 is 4.79 Å². The van der Waals surface area contributed by atoms with E-state index in [1.54, 1.807) is 23.3 Å². The Labute approximate surface area is 109 Å². The standard InChI is InChI=1S/C13H14N2O2S/c1-9(12-4-3-7-18-12)15(2)13(17)10-8-14-6-5-11(10)16/h3-9H,1-2H3,(H,14,16). The van der Waals surface area contributed by atoms with Crippen LogP contribution in [0.1, 0.15) is 28.2 Å². The molecule has 0 aliphatic carbocycles. The van der Waals surface area contributed by atoms with E-state index in [9.17, 15) is 9.59 Å². The molecule has 1 unspecified atom stereocenters. The molecule has 1 N–H and O–H groups in total. The Balaban J connectivity index is 2.25. The van der Waals surface area contributed by atoms with Crippen molar-refractivity contribution in [1.29, 1.82) is 0 Å². The van der Waals surface area contributed by atoms with Gasteiger partial charge < -0.3 is 9.88 Å². The van der Waals surface area contributed by atoms with E-state index < -0.39 is 0 Å². The summed E-state index contributed by atoms with van der Waals surface area (Å²) in [5.74, 6) is -0.266. The van der Waals surface area contributed by atoms with Gasteiger partial charge in [-0.3, -0.25) is 9.59 Å². The molecule has 0 saturated heterocycles. The first-order valence-corrected chi connectivity index (χ1v) is 6.47. The van der Waals surface area contributed by atoms with Crippen LogP contribution in [0.25, 0.3) is 0 Å². The fourth-order valence-electron chi connectivity index (χ4n) is 1.67. The summed E-state index contributed by atoms with van der Waals surface area (Å²) in [5.41, 5.74) is -0.0904. The first-order valence-electron chi connectivity index (χ1n) is 5.59. The lowest BCUT2D eigenvalue weighted by Gasteiger charge is -2.23. The monoisotopic (exact) mass is 262 g/mol. The van der Waals surface area contributed by atoms with Crippen molar-refractivity contribution in [3.63, 3.8) is 0 Å². The smallest absolute Gasteiger partial charge is 0.259 e. The highest BCUT2D eigenvalue weighted by Crippen LogP contribution is 2.24. The van der Waals surface area contributed by atoms with Crippen LogP contribution in [0, 0.1) is 0 Å². The van der Waals surface area contributed by atoms with Crippen molar-refractivity contribution >= 4 is 17.2 Å². The third kappa shape index (κ3) is 2.36. The Morgan fingerprint density at radius 2 is 2.22 bits per heavy atom. The Hall–Kier alpha value is -1.88. The molecule has 5 heteroatoms. The molecule has 1 atom stereocenters. The second kappa shape index (κ2) is 5.18. The molecule has 0 aliphatic rings. The SMILES string of the molecule is CC(c1cccs1)N(C)C(=O)c1c[nH]ccc1=O. The van der Waals surface area contributed by atoms with Gasteiger partial charge in [0.25, 0.3) is 5.91 Å². The number of nitrogens with zero attached hydrogens (tertiary/aromatic N) is 1. The molecule has 0 spiro atoms. The van der Waals surface area contributed by atoms with Gasteiger partial charge in [-0.1, -0.05) is 6.07 Å². The van der Waals surface area contributed by atoms with Gasteiger partial charge in [-0.25, -0.2) is 0 Å². The quantitative estimate of drug-likeness (QED) is 0.922. The predicted molar refractivity (Wildman–Crippen MR) is 71.9 cm³/mol. The summed E-state index contributed by atoms with van der Waals surface area (Å²) in [6.07, 6.45) is 2.96. The Kier molecular flexibility index (Phi) is 3.62.